The van der Waals surface area contributed by atoms with Gasteiger partial charge in [-0.05, 0) is 30.2 Å². The van der Waals surface area contributed by atoms with Crippen molar-refractivity contribution in [1.82, 2.24) is 4.90 Å². The highest BCUT2D eigenvalue weighted by Crippen LogP contribution is 2.22. The molecule has 3 amide bonds. The van der Waals surface area contributed by atoms with Gasteiger partial charge in [-0.1, -0.05) is 53.7 Å². The zero-order valence-electron chi connectivity index (χ0n) is 13.8. The summed E-state index contributed by atoms with van der Waals surface area (Å²) in [6.45, 7) is 2.26. The number of rotatable bonds is 5. The predicted octanol–water partition coefficient (Wildman–Crippen LogP) is 3.37. The molecule has 1 saturated heterocycles. The second kappa shape index (κ2) is 7.53. The Bertz CT molecular complexity index is 802. The smallest absolute Gasteiger partial charge is 0.289 e. The molecule has 0 unspecified atom stereocenters. The molecule has 2 aromatic rings. The lowest BCUT2D eigenvalue weighted by Crippen LogP contribution is -2.27. The van der Waals surface area contributed by atoms with E-state index in [0.717, 1.165) is 28.5 Å². The standard InChI is InChI=1S/C19H18N2O3S/c1-13-3-2-4-15(9-13)10-17(22)20-16-7-5-14(6-8-16)11-21-18(23)12-25-19(21)24/h2-9H,10-12H2,1H3,(H,20,22). The molecule has 2 aromatic carbocycles. The average Bonchev–Trinajstić information content (AvgIpc) is 2.88. The third-order valence-electron chi connectivity index (χ3n) is 3.87. The predicted molar refractivity (Wildman–Crippen MR) is 98.4 cm³/mol. The number of thioether (sulfide) groups is 1. The van der Waals surface area contributed by atoms with E-state index in [9.17, 15) is 14.4 Å². The molecule has 3 rings (SSSR count). The zero-order chi connectivity index (χ0) is 17.8. The van der Waals surface area contributed by atoms with E-state index in [1.165, 1.54) is 4.90 Å². The Morgan fingerprint density at radius 1 is 1.12 bits per heavy atom. The van der Waals surface area contributed by atoms with Crippen LogP contribution < -0.4 is 5.32 Å². The molecule has 25 heavy (non-hydrogen) atoms. The first kappa shape index (κ1) is 17.2. The minimum absolute atomic E-state index is 0.0837. The van der Waals surface area contributed by atoms with Crippen LogP contribution in [0.1, 0.15) is 16.7 Å². The molecule has 128 valence electrons. The number of amides is 3. The SMILES string of the molecule is Cc1cccc(CC(=O)Nc2ccc(CN3C(=O)CSC3=O)cc2)c1. The maximum absolute atomic E-state index is 12.1. The van der Waals surface area contributed by atoms with Crippen molar-refractivity contribution >= 4 is 34.5 Å². The molecule has 1 aliphatic heterocycles. The van der Waals surface area contributed by atoms with Crippen LogP contribution in [-0.2, 0) is 22.6 Å². The number of hydrogen-bond donors (Lipinski definition) is 1. The van der Waals surface area contributed by atoms with Crippen LogP contribution >= 0.6 is 11.8 Å². The van der Waals surface area contributed by atoms with Crippen LogP contribution in [0.3, 0.4) is 0 Å². The monoisotopic (exact) mass is 354 g/mol. The molecular weight excluding hydrogens is 336 g/mol. The summed E-state index contributed by atoms with van der Waals surface area (Å²) in [6.07, 6.45) is 0.317. The number of nitrogens with one attached hydrogen (secondary N) is 1. The highest BCUT2D eigenvalue weighted by Gasteiger charge is 2.29. The lowest BCUT2D eigenvalue weighted by atomic mass is 10.1. The molecule has 0 aromatic heterocycles. The maximum atomic E-state index is 12.1. The molecular formula is C19H18N2O3S. The van der Waals surface area contributed by atoms with Crippen LogP contribution in [-0.4, -0.2) is 27.7 Å². The normalized spacial score (nSPS) is 14.0. The quantitative estimate of drug-likeness (QED) is 0.894. The van der Waals surface area contributed by atoms with Crippen LogP contribution in [0.2, 0.25) is 0 Å². The summed E-state index contributed by atoms with van der Waals surface area (Å²) in [4.78, 5) is 36.6. The van der Waals surface area contributed by atoms with E-state index in [2.05, 4.69) is 5.32 Å². The average molecular weight is 354 g/mol. The van der Waals surface area contributed by atoms with Crippen molar-refractivity contribution in [1.29, 1.82) is 0 Å². The van der Waals surface area contributed by atoms with Gasteiger partial charge < -0.3 is 5.32 Å². The van der Waals surface area contributed by atoms with Crippen molar-refractivity contribution in [2.75, 3.05) is 11.1 Å². The number of hydrogen-bond acceptors (Lipinski definition) is 4. The second-order valence-electron chi connectivity index (χ2n) is 5.95. The Balaban J connectivity index is 1.58. The van der Waals surface area contributed by atoms with Crippen LogP contribution in [0.15, 0.2) is 48.5 Å². The molecule has 0 spiro atoms. The number of aryl methyl sites for hydroxylation is 1. The lowest BCUT2D eigenvalue weighted by molar-refractivity contribution is -0.125. The van der Waals surface area contributed by atoms with Crippen molar-refractivity contribution in [2.45, 2.75) is 19.9 Å². The molecule has 5 nitrogen and oxygen atoms in total. The Morgan fingerprint density at radius 3 is 2.52 bits per heavy atom. The third-order valence-corrected chi connectivity index (χ3v) is 4.72. The van der Waals surface area contributed by atoms with Gasteiger partial charge in [0.15, 0.2) is 0 Å². The van der Waals surface area contributed by atoms with Crippen LogP contribution in [0.5, 0.6) is 0 Å². The van der Waals surface area contributed by atoms with Gasteiger partial charge in [-0.25, -0.2) is 0 Å². The van der Waals surface area contributed by atoms with Crippen molar-refractivity contribution in [3.63, 3.8) is 0 Å². The van der Waals surface area contributed by atoms with E-state index in [0.29, 0.717) is 12.1 Å². The number of anilines is 1. The Morgan fingerprint density at radius 2 is 1.88 bits per heavy atom. The molecule has 6 heteroatoms. The first-order chi connectivity index (χ1) is 12.0. The van der Waals surface area contributed by atoms with Crippen molar-refractivity contribution in [2.24, 2.45) is 0 Å². The van der Waals surface area contributed by atoms with E-state index in [-0.39, 0.29) is 29.4 Å². The van der Waals surface area contributed by atoms with E-state index >= 15 is 0 Å². The van der Waals surface area contributed by atoms with Gasteiger partial charge in [-0.3, -0.25) is 19.3 Å². The highest BCUT2D eigenvalue weighted by atomic mass is 32.2. The number of benzene rings is 2. The van der Waals surface area contributed by atoms with Gasteiger partial charge in [-0.2, -0.15) is 0 Å². The molecule has 0 aliphatic carbocycles. The van der Waals surface area contributed by atoms with Gasteiger partial charge >= 0.3 is 0 Å². The largest absolute Gasteiger partial charge is 0.326 e. The zero-order valence-corrected chi connectivity index (χ0v) is 14.6. The van der Waals surface area contributed by atoms with Gasteiger partial charge in [0.05, 0.1) is 18.7 Å². The summed E-state index contributed by atoms with van der Waals surface area (Å²) in [5.74, 6) is -0.0310. The minimum atomic E-state index is -0.208. The third kappa shape index (κ3) is 4.48. The summed E-state index contributed by atoms with van der Waals surface area (Å²) >= 11 is 1.03. The Kier molecular flexibility index (Phi) is 5.19. The topological polar surface area (TPSA) is 66.5 Å². The van der Waals surface area contributed by atoms with E-state index in [4.69, 9.17) is 0 Å². The van der Waals surface area contributed by atoms with Crippen molar-refractivity contribution < 1.29 is 14.4 Å². The number of imide groups is 1. The van der Waals surface area contributed by atoms with Gasteiger partial charge in [-0.15, -0.1) is 0 Å². The van der Waals surface area contributed by atoms with Gasteiger partial charge in [0.2, 0.25) is 11.8 Å². The molecule has 1 N–H and O–H groups in total. The molecule has 1 heterocycles. The number of carbonyl (C=O) groups excluding carboxylic acids is 3. The van der Waals surface area contributed by atoms with Gasteiger partial charge in [0.1, 0.15) is 0 Å². The molecule has 0 bridgehead atoms. The minimum Gasteiger partial charge on any atom is -0.326 e. The molecule has 1 fully saturated rings. The summed E-state index contributed by atoms with van der Waals surface area (Å²) < 4.78 is 0. The van der Waals surface area contributed by atoms with Gasteiger partial charge in [0.25, 0.3) is 5.24 Å². The molecule has 0 atom stereocenters. The number of carbonyl (C=O) groups is 3. The first-order valence-electron chi connectivity index (χ1n) is 7.93. The molecule has 0 radical (unpaired) electrons. The highest BCUT2D eigenvalue weighted by molar-refractivity contribution is 8.14. The Labute approximate surface area is 150 Å². The summed E-state index contributed by atoms with van der Waals surface area (Å²) in [6, 6.07) is 15.0. The fourth-order valence-electron chi connectivity index (χ4n) is 2.62. The molecule has 0 saturated carbocycles. The van der Waals surface area contributed by atoms with E-state index in [1.807, 2.05) is 43.3 Å². The van der Waals surface area contributed by atoms with Crippen LogP contribution in [0.25, 0.3) is 0 Å². The van der Waals surface area contributed by atoms with Crippen LogP contribution in [0.4, 0.5) is 10.5 Å². The summed E-state index contributed by atoms with van der Waals surface area (Å²) in [7, 11) is 0. The summed E-state index contributed by atoms with van der Waals surface area (Å²) in [5.41, 5.74) is 3.63. The summed E-state index contributed by atoms with van der Waals surface area (Å²) in [5, 5.41) is 2.65. The molecule has 1 aliphatic rings. The number of nitrogens with zero attached hydrogens (tertiary/aromatic N) is 1. The van der Waals surface area contributed by atoms with E-state index in [1.54, 1.807) is 12.1 Å². The first-order valence-corrected chi connectivity index (χ1v) is 8.91. The maximum Gasteiger partial charge on any atom is 0.289 e. The Hall–Kier alpha value is -2.60. The van der Waals surface area contributed by atoms with Crippen LogP contribution in [0, 0.1) is 6.92 Å². The lowest BCUT2D eigenvalue weighted by Gasteiger charge is -2.13. The second-order valence-corrected chi connectivity index (χ2v) is 6.87. The van der Waals surface area contributed by atoms with Crippen molar-refractivity contribution in [3.05, 3.63) is 65.2 Å². The van der Waals surface area contributed by atoms with E-state index < -0.39 is 0 Å². The van der Waals surface area contributed by atoms with Crippen molar-refractivity contribution in [3.8, 4) is 0 Å². The fraction of sp³-hybridized carbons (Fsp3) is 0.211. The fourth-order valence-corrected chi connectivity index (χ4v) is 3.35. The van der Waals surface area contributed by atoms with Gasteiger partial charge in [0, 0.05) is 5.69 Å².